The second-order valence-corrected chi connectivity index (χ2v) is 4.77. The first kappa shape index (κ1) is 9.37. The van der Waals surface area contributed by atoms with E-state index in [1.165, 1.54) is 24.9 Å². The summed E-state index contributed by atoms with van der Waals surface area (Å²) in [5.41, 5.74) is 1.67. The first-order valence-electron chi connectivity index (χ1n) is 5.77. The van der Waals surface area contributed by atoms with Crippen LogP contribution in [0.5, 0.6) is 0 Å². The SMILES string of the molecule is c1ccc(CN2CCC[C@@]3(CO3)C2)cc1. The van der Waals surface area contributed by atoms with E-state index in [2.05, 4.69) is 35.2 Å². The van der Waals surface area contributed by atoms with E-state index in [4.69, 9.17) is 4.74 Å². The molecule has 0 radical (unpaired) electrons. The zero-order valence-electron chi connectivity index (χ0n) is 8.98. The lowest BCUT2D eigenvalue weighted by Crippen LogP contribution is -2.40. The van der Waals surface area contributed by atoms with E-state index < -0.39 is 0 Å². The summed E-state index contributed by atoms with van der Waals surface area (Å²) >= 11 is 0. The number of rotatable bonds is 2. The molecule has 1 aromatic carbocycles. The Balaban J connectivity index is 1.63. The predicted molar refractivity (Wildman–Crippen MR) is 59.6 cm³/mol. The van der Waals surface area contributed by atoms with Crippen LogP contribution in [-0.2, 0) is 11.3 Å². The maximum Gasteiger partial charge on any atom is 0.104 e. The molecule has 1 atom stereocenters. The van der Waals surface area contributed by atoms with Gasteiger partial charge in [0.2, 0.25) is 0 Å². The predicted octanol–water partition coefficient (Wildman–Crippen LogP) is 2.05. The Morgan fingerprint density at radius 2 is 2.07 bits per heavy atom. The Hall–Kier alpha value is -0.860. The standard InChI is InChI=1S/C13H17NO/c1-2-5-12(6-3-1)9-14-8-4-7-13(10-14)11-15-13/h1-3,5-6H,4,7-11H2/t13-/m0/s1. The van der Waals surface area contributed by atoms with Crippen LogP contribution < -0.4 is 0 Å². The molecule has 80 valence electrons. The highest BCUT2D eigenvalue weighted by Gasteiger charge is 2.47. The summed E-state index contributed by atoms with van der Waals surface area (Å²) in [6, 6.07) is 10.7. The highest BCUT2D eigenvalue weighted by atomic mass is 16.6. The molecule has 2 aliphatic rings. The summed E-state index contributed by atoms with van der Waals surface area (Å²) < 4.78 is 5.56. The lowest BCUT2D eigenvalue weighted by Gasteiger charge is -2.30. The van der Waals surface area contributed by atoms with E-state index in [-0.39, 0.29) is 5.60 Å². The van der Waals surface area contributed by atoms with Crippen molar-refractivity contribution in [3.8, 4) is 0 Å². The van der Waals surface area contributed by atoms with Crippen molar-refractivity contribution in [2.45, 2.75) is 25.0 Å². The summed E-state index contributed by atoms with van der Waals surface area (Å²) in [7, 11) is 0. The molecule has 3 rings (SSSR count). The number of epoxide rings is 1. The number of piperidine rings is 1. The monoisotopic (exact) mass is 203 g/mol. The first-order valence-corrected chi connectivity index (χ1v) is 5.77. The van der Waals surface area contributed by atoms with Crippen molar-refractivity contribution < 1.29 is 4.74 Å². The Bertz CT molecular complexity index is 332. The Labute approximate surface area is 90.8 Å². The summed E-state index contributed by atoms with van der Waals surface area (Å²) in [4.78, 5) is 2.52. The minimum absolute atomic E-state index is 0.257. The molecule has 1 aromatic rings. The minimum Gasteiger partial charge on any atom is -0.368 e. The van der Waals surface area contributed by atoms with Crippen LogP contribution in [-0.4, -0.2) is 30.2 Å². The van der Waals surface area contributed by atoms with Crippen molar-refractivity contribution in [2.75, 3.05) is 19.7 Å². The lowest BCUT2D eigenvalue weighted by atomic mass is 9.98. The zero-order valence-corrected chi connectivity index (χ0v) is 8.98. The molecule has 0 aromatic heterocycles. The van der Waals surface area contributed by atoms with E-state index in [9.17, 15) is 0 Å². The van der Waals surface area contributed by atoms with Crippen molar-refractivity contribution in [1.29, 1.82) is 0 Å². The zero-order chi connectivity index (χ0) is 10.1. The highest BCUT2D eigenvalue weighted by Crippen LogP contribution is 2.36. The molecule has 2 heteroatoms. The molecular formula is C13H17NO. The fraction of sp³-hybridized carbons (Fsp3) is 0.538. The van der Waals surface area contributed by atoms with Crippen molar-refractivity contribution >= 4 is 0 Å². The molecule has 0 N–H and O–H groups in total. The van der Waals surface area contributed by atoms with E-state index in [0.717, 1.165) is 19.7 Å². The molecular weight excluding hydrogens is 186 g/mol. The maximum atomic E-state index is 5.56. The van der Waals surface area contributed by atoms with E-state index in [1.54, 1.807) is 0 Å². The molecule has 0 bridgehead atoms. The second kappa shape index (κ2) is 3.62. The van der Waals surface area contributed by atoms with Gasteiger partial charge in [-0.15, -0.1) is 0 Å². The maximum absolute atomic E-state index is 5.56. The fourth-order valence-electron chi connectivity index (χ4n) is 2.50. The molecule has 1 spiro atoms. The van der Waals surface area contributed by atoms with Gasteiger partial charge in [0.25, 0.3) is 0 Å². The molecule has 2 heterocycles. The van der Waals surface area contributed by atoms with Crippen molar-refractivity contribution in [1.82, 2.24) is 4.90 Å². The van der Waals surface area contributed by atoms with Gasteiger partial charge < -0.3 is 4.74 Å². The van der Waals surface area contributed by atoms with Crippen LogP contribution >= 0.6 is 0 Å². The average molecular weight is 203 g/mol. The van der Waals surface area contributed by atoms with Crippen LogP contribution in [0.3, 0.4) is 0 Å². The largest absolute Gasteiger partial charge is 0.368 e. The molecule has 15 heavy (non-hydrogen) atoms. The summed E-state index contributed by atoms with van der Waals surface area (Å²) in [6.07, 6.45) is 2.55. The van der Waals surface area contributed by atoms with Gasteiger partial charge in [0.15, 0.2) is 0 Å². The number of likely N-dealkylation sites (tertiary alicyclic amines) is 1. The van der Waals surface area contributed by atoms with E-state index in [0.29, 0.717) is 0 Å². The highest BCUT2D eigenvalue weighted by molar-refractivity contribution is 5.15. The summed E-state index contributed by atoms with van der Waals surface area (Å²) in [6.45, 7) is 4.41. The Morgan fingerprint density at radius 1 is 1.27 bits per heavy atom. The smallest absolute Gasteiger partial charge is 0.104 e. The van der Waals surface area contributed by atoms with Gasteiger partial charge in [0, 0.05) is 13.1 Å². The Kier molecular flexibility index (Phi) is 2.26. The van der Waals surface area contributed by atoms with Crippen LogP contribution in [0, 0.1) is 0 Å². The number of hydrogen-bond acceptors (Lipinski definition) is 2. The third kappa shape index (κ3) is 2.06. The minimum atomic E-state index is 0.257. The lowest BCUT2D eigenvalue weighted by molar-refractivity contribution is 0.129. The third-order valence-electron chi connectivity index (χ3n) is 3.42. The Morgan fingerprint density at radius 3 is 2.80 bits per heavy atom. The van der Waals surface area contributed by atoms with E-state index in [1.807, 2.05) is 0 Å². The van der Waals surface area contributed by atoms with Crippen LogP contribution in [0.4, 0.5) is 0 Å². The molecule has 0 amide bonds. The third-order valence-corrected chi connectivity index (χ3v) is 3.42. The van der Waals surface area contributed by atoms with Crippen molar-refractivity contribution in [3.05, 3.63) is 35.9 Å². The van der Waals surface area contributed by atoms with Gasteiger partial charge >= 0.3 is 0 Å². The molecule has 0 saturated carbocycles. The van der Waals surface area contributed by atoms with Crippen LogP contribution in [0.25, 0.3) is 0 Å². The van der Waals surface area contributed by atoms with Crippen molar-refractivity contribution in [2.24, 2.45) is 0 Å². The number of nitrogens with zero attached hydrogens (tertiary/aromatic N) is 1. The summed E-state index contributed by atoms with van der Waals surface area (Å²) in [5.74, 6) is 0. The fourth-order valence-corrected chi connectivity index (χ4v) is 2.50. The number of hydrogen-bond donors (Lipinski definition) is 0. The molecule has 0 unspecified atom stereocenters. The number of ether oxygens (including phenoxy) is 1. The first-order chi connectivity index (χ1) is 7.36. The van der Waals surface area contributed by atoms with Crippen LogP contribution in [0.1, 0.15) is 18.4 Å². The number of benzene rings is 1. The van der Waals surface area contributed by atoms with Crippen LogP contribution in [0.2, 0.25) is 0 Å². The van der Waals surface area contributed by atoms with Gasteiger partial charge in [0.1, 0.15) is 5.60 Å². The van der Waals surface area contributed by atoms with Gasteiger partial charge in [-0.2, -0.15) is 0 Å². The molecule has 2 saturated heterocycles. The van der Waals surface area contributed by atoms with Gasteiger partial charge in [-0.05, 0) is 24.9 Å². The quantitative estimate of drug-likeness (QED) is 0.684. The topological polar surface area (TPSA) is 15.8 Å². The molecule has 2 aliphatic heterocycles. The normalized spacial score (nSPS) is 30.7. The van der Waals surface area contributed by atoms with Gasteiger partial charge in [-0.25, -0.2) is 0 Å². The van der Waals surface area contributed by atoms with Gasteiger partial charge in [-0.3, -0.25) is 4.90 Å². The average Bonchev–Trinajstić information content (AvgIpc) is 2.99. The molecule has 0 aliphatic carbocycles. The second-order valence-electron chi connectivity index (χ2n) is 4.77. The van der Waals surface area contributed by atoms with E-state index >= 15 is 0 Å². The summed E-state index contributed by atoms with van der Waals surface area (Å²) in [5, 5.41) is 0. The molecule has 2 nitrogen and oxygen atoms in total. The van der Waals surface area contributed by atoms with Gasteiger partial charge in [-0.1, -0.05) is 30.3 Å². The van der Waals surface area contributed by atoms with Crippen molar-refractivity contribution in [3.63, 3.8) is 0 Å². The van der Waals surface area contributed by atoms with Crippen LogP contribution in [0.15, 0.2) is 30.3 Å². The van der Waals surface area contributed by atoms with Gasteiger partial charge in [0.05, 0.1) is 6.61 Å². The molecule has 2 fully saturated rings.